The second-order valence-corrected chi connectivity index (χ2v) is 7.21. The quantitative estimate of drug-likeness (QED) is 0.725. The van der Waals surface area contributed by atoms with Crippen molar-refractivity contribution in [3.05, 3.63) is 0 Å². The minimum atomic E-state index is 0.302. The van der Waals surface area contributed by atoms with Gasteiger partial charge in [-0.05, 0) is 40.5 Å². The molecule has 1 aliphatic carbocycles. The van der Waals surface area contributed by atoms with E-state index in [4.69, 9.17) is 9.73 Å². The Morgan fingerprint density at radius 2 is 1.85 bits per heavy atom. The van der Waals surface area contributed by atoms with E-state index in [1.165, 1.54) is 38.5 Å². The van der Waals surface area contributed by atoms with Gasteiger partial charge < -0.3 is 9.64 Å². The molecule has 0 aromatic rings. The molecule has 1 saturated heterocycles. The second kappa shape index (κ2) is 6.86. The molecule has 1 saturated carbocycles. The standard InChI is InChI=1S/C16H31BN2O/c1-11(2)18-16-19(12(3)4)14-9-7-5-6-8-13(17)10-15(14)20-16/h11-15H,5-10,17H2,1-4H3/b18-16-. The van der Waals surface area contributed by atoms with Crippen LogP contribution >= 0.6 is 0 Å². The Hall–Kier alpha value is -0.665. The molecular weight excluding hydrogens is 247 g/mol. The van der Waals surface area contributed by atoms with Crippen LogP contribution in [-0.2, 0) is 4.74 Å². The lowest BCUT2D eigenvalue weighted by Crippen LogP contribution is -2.42. The highest BCUT2D eigenvalue weighted by molar-refractivity contribution is 6.11. The number of aliphatic imine (C=N–C) groups is 1. The van der Waals surface area contributed by atoms with Gasteiger partial charge in [-0.25, -0.2) is 4.99 Å². The van der Waals surface area contributed by atoms with Crippen LogP contribution in [0.15, 0.2) is 4.99 Å². The first-order chi connectivity index (χ1) is 9.49. The van der Waals surface area contributed by atoms with Gasteiger partial charge in [0, 0.05) is 12.1 Å². The zero-order valence-electron chi connectivity index (χ0n) is 13.9. The molecule has 4 heteroatoms. The first-order valence-electron chi connectivity index (χ1n) is 8.51. The summed E-state index contributed by atoms with van der Waals surface area (Å²) in [6.07, 6.45) is 8.23. The molecule has 0 bridgehead atoms. The molecule has 2 aliphatic rings. The van der Waals surface area contributed by atoms with Gasteiger partial charge in [0.1, 0.15) is 14.0 Å². The molecule has 0 N–H and O–H groups in total. The van der Waals surface area contributed by atoms with Gasteiger partial charge in [-0.2, -0.15) is 0 Å². The fraction of sp³-hybridized carbons (Fsp3) is 0.938. The average molecular weight is 278 g/mol. The Morgan fingerprint density at radius 1 is 1.15 bits per heavy atom. The van der Waals surface area contributed by atoms with Crippen LogP contribution in [0.2, 0.25) is 5.82 Å². The molecule has 0 amide bonds. The van der Waals surface area contributed by atoms with Crippen LogP contribution in [0.5, 0.6) is 0 Å². The monoisotopic (exact) mass is 278 g/mol. The van der Waals surface area contributed by atoms with Crippen LogP contribution in [0, 0.1) is 0 Å². The van der Waals surface area contributed by atoms with Crippen molar-refractivity contribution in [2.75, 3.05) is 0 Å². The normalized spacial score (nSPS) is 33.8. The minimum Gasteiger partial charge on any atom is -0.460 e. The summed E-state index contributed by atoms with van der Waals surface area (Å²) < 4.78 is 6.29. The molecule has 0 spiro atoms. The molecule has 1 heterocycles. The molecule has 0 aromatic heterocycles. The maximum absolute atomic E-state index is 6.29. The fourth-order valence-electron chi connectivity index (χ4n) is 3.59. The van der Waals surface area contributed by atoms with Crippen molar-refractivity contribution in [2.24, 2.45) is 4.99 Å². The van der Waals surface area contributed by atoms with E-state index in [-0.39, 0.29) is 0 Å². The van der Waals surface area contributed by atoms with E-state index in [0.29, 0.717) is 24.2 Å². The summed E-state index contributed by atoms with van der Waals surface area (Å²) in [6, 6.07) is 2.21. The van der Waals surface area contributed by atoms with Crippen LogP contribution in [0.3, 0.4) is 0 Å². The molecule has 2 rings (SSSR count). The van der Waals surface area contributed by atoms with Crippen molar-refractivity contribution < 1.29 is 4.74 Å². The highest BCUT2D eigenvalue weighted by Gasteiger charge is 2.41. The van der Waals surface area contributed by atoms with E-state index >= 15 is 0 Å². The van der Waals surface area contributed by atoms with Gasteiger partial charge in [-0.1, -0.05) is 31.5 Å². The molecule has 3 nitrogen and oxygen atoms in total. The van der Waals surface area contributed by atoms with Gasteiger partial charge in [0.25, 0.3) is 6.02 Å². The van der Waals surface area contributed by atoms with Gasteiger partial charge in [0.15, 0.2) is 0 Å². The van der Waals surface area contributed by atoms with Crippen LogP contribution in [0.1, 0.15) is 66.2 Å². The van der Waals surface area contributed by atoms with Crippen molar-refractivity contribution >= 4 is 13.9 Å². The topological polar surface area (TPSA) is 24.8 Å². The molecule has 0 aromatic carbocycles. The van der Waals surface area contributed by atoms with Crippen molar-refractivity contribution in [3.8, 4) is 0 Å². The Morgan fingerprint density at radius 3 is 2.50 bits per heavy atom. The predicted molar refractivity (Wildman–Crippen MR) is 88.2 cm³/mol. The van der Waals surface area contributed by atoms with Crippen LogP contribution in [0.4, 0.5) is 0 Å². The van der Waals surface area contributed by atoms with Gasteiger partial charge in [-0.15, -0.1) is 0 Å². The highest BCUT2D eigenvalue weighted by atomic mass is 16.5. The molecule has 0 radical (unpaired) electrons. The van der Waals surface area contributed by atoms with E-state index < -0.39 is 0 Å². The first-order valence-corrected chi connectivity index (χ1v) is 8.51. The number of amidine groups is 1. The van der Waals surface area contributed by atoms with Crippen molar-refractivity contribution in [3.63, 3.8) is 0 Å². The lowest BCUT2D eigenvalue weighted by Gasteiger charge is -2.29. The Labute approximate surface area is 125 Å². The Kier molecular flexibility index (Phi) is 5.39. The Bertz CT molecular complexity index is 343. The first kappa shape index (κ1) is 15.7. The lowest BCUT2D eigenvalue weighted by atomic mass is 9.78. The smallest absolute Gasteiger partial charge is 0.288 e. The second-order valence-electron chi connectivity index (χ2n) is 7.21. The number of hydrogen-bond acceptors (Lipinski definition) is 2. The van der Waals surface area contributed by atoms with Crippen LogP contribution in [0.25, 0.3) is 0 Å². The molecule has 3 unspecified atom stereocenters. The largest absolute Gasteiger partial charge is 0.460 e. The van der Waals surface area contributed by atoms with Crippen molar-refractivity contribution in [1.82, 2.24) is 4.90 Å². The maximum Gasteiger partial charge on any atom is 0.288 e. The van der Waals surface area contributed by atoms with E-state index in [1.54, 1.807) is 0 Å². The van der Waals surface area contributed by atoms with Crippen molar-refractivity contribution in [2.45, 2.75) is 96.3 Å². The summed E-state index contributed by atoms with van der Waals surface area (Å²) in [5.41, 5.74) is 0. The summed E-state index contributed by atoms with van der Waals surface area (Å²) in [5.74, 6) is 0.771. The molecule has 3 atom stereocenters. The van der Waals surface area contributed by atoms with E-state index in [2.05, 4.69) is 40.4 Å². The zero-order valence-corrected chi connectivity index (χ0v) is 13.9. The summed E-state index contributed by atoms with van der Waals surface area (Å²) in [7, 11) is 2.38. The minimum absolute atomic E-state index is 0.302. The van der Waals surface area contributed by atoms with Gasteiger partial charge in [0.2, 0.25) is 0 Å². The van der Waals surface area contributed by atoms with E-state index in [1.807, 2.05) is 0 Å². The summed E-state index contributed by atoms with van der Waals surface area (Å²) in [4.78, 5) is 7.18. The van der Waals surface area contributed by atoms with Gasteiger partial charge in [0.05, 0.1) is 6.04 Å². The molecule has 2 fully saturated rings. The number of rotatable bonds is 2. The number of nitrogens with zero attached hydrogens (tertiary/aromatic N) is 2. The van der Waals surface area contributed by atoms with E-state index in [9.17, 15) is 0 Å². The van der Waals surface area contributed by atoms with Gasteiger partial charge in [-0.3, -0.25) is 0 Å². The van der Waals surface area contributed by atoms with Crippen LogP contribution < -0.4 is 0 Å². The molecule has 20 heavy (non-hydrogen) atoms. The fourth-order valence-corrected chi connectivity index (χ4v) is 3.59. The maximum atomic E-state index is 6.29. The third-order valence-electron chi connectivity index (χ3n) is 4.52. The highest BCUT2D eigenvalue weighted by Crippen LogP contribution is 2.34. The zero-order chi connectivity index (χ0) is 14.7. The summed E-state index contributed by atoms with van der Waals surface area (Å²) in [6.45, 7) is 8.78. The third-order valence-corrected chi connectivity index (χ3v) is 4.52. The molecular formula is C16H31BN2O. The SMILES string of the molecule is BC1CCCCCC2C(C1)O/C(=N\C(C)C)N2C(C)C. The average Bonchev–Trinajstić information content (AvgIpc) is 2.67. The van der Waals surface area contributed by atoms with Crippen molar-refractivity contribution in [1.29, 1.82) is 0 Å². The molecule has 1 aliphatic heterocycles. The predicted octanol–water partition coefficient (Wildman–Crippen LogP) is 3.00. The number of ether oxygens (including phenoxy) is 1. The number of hydrogen-bond donors (Lipinski definition) is 0. The number of fused-ring (bicyclic) bond motifs is 1. The van der Waals surface area contributed by atoms with Gasteiger partial charge >= 0.3 is 0 Å². The summed E-state index contributed by atoms with van der Waals surface area (Å²) >= 11 is 0. The third kappa shape index (κ3) is 3.70. The lowest BCUT2D eigenvalue weighted by molar-refractivity contribution is 0.162. The Balaban J connectivity index is 2.21. The molecule has 114 valence electrons. The van der Waals surface area contributed by atoms with Crippen LogP contribution in [-0.4, -0.2) is 43.0 Å². The van der Waals surface area contributed by atoms with E-state index in [0.717, 1.165) is 11.8 Å². The summed E-state index contributed by atoms with van der Waals surface area (Å²) in [5, 5.41) is 0.